The molecule has 0 amide bonds. The topological polar surface area (TPSA) is 38.2 Å². The molecule has 1 aromatic heterocycles. The number of nitrogens with zero attached hydrogens (tertiary/aromatic N) is 3. The Morgan fingerprint density at radius 3 is 2.68 bits per heavy atom. The van der Waals surface area contributed by atoms with Gasteiger partial charge in [0, 0.05) is 29.7 Å². The van der Waals surface area contributed by atoms with Gasteiger partial charge >= 0.3 is 0 Å². The molecule has 19 heavy (non-hydrogen) atoms. The second kappa shape index (κ2) is 7.08. The highest BCUT2D eigenvalue weighted by Gasteiger charge is 2.23. The molecule has 0 spiro atoms. The summed E-state index contributed by atoms with van der Waals surface area (Å²) in [4.78, 5) is 11.4. The maximum atomic E-state index is 5.26. The number of aromatic nitrogens is 2. The smallest absolute Gasteiger partial charge is 0.229 e. The zero-order valence-corrected chi connectivity index (χ0v) is 13.3. The molecule has 1 aromatic rings. The molecule has 0 bridgehead atoms. The molecule has 0 saturated heterocycles. The summed E-state index contributed by atoms with van der Waals surface area (Å²) >= 11 is 3.54. The third-order valence-electron chi connectivity index (χ3n) is 3.63. The van der Waals surface area contributed by atoms with Crippen LogP contribution in [-0.4, -0.2) is 35.0 Å². The summed E-state index contributed by atoms with van der Waals surface area (Å²) in [6.07, 6.45) is 6.47. The van der Waals surface area contributed by atoms with Gasteiger partial charge in [-0.05, 0) is 19.8 Å². The second-order valence-corrected chi connectivity index (χ2v) is 5.82. The van der Waals surface area contributed by atoms with Gasteiger partial charge in [0.25, 0.3) is 0 Å². The van der Waals surface area contributed by atoms with E-state index in [1.807, 2.05) is 13.0 Å². The lowest BCUT2D eigenvalue weighted by Crippen LogP contribution is -2.39. The van der Waals surface area contributed by atoms with Gasteiger partial charge in [-0.2, -0.15) is 4.98 Å². The van der Waals surface area contributed by atoms with Crippen molar-refractivity contribution in [2.24, 2.45) is 0 Å². The highest BCUT2D eigenvalue weighted by Crippen LogP contribution is 2.26. The second-order valence-electron chi connectivity index (χ2n) is 5.03. The van der Waals surface area contributed by atoms with Gasteiger partial charge in [0.2, 0.25) is 11.8 Å². The lowest BCUT2D eigenvalue weighted by molar-refractivity contribution is 0.390. The molecule has 0 radical (unpaired) electrons. The van der Waals surface area contributed by atoms with Crippen molar-refractivity contribution in [3.63, 3.8) is 0 Å². The van der Waals surface area contributed by atoms with Crippen LogP contribution in [0, 0.1) is 6.92 Å². The van der Waals surface area contributed by atoms with E-state index >= 15 is 0 Å². The average Bonchev–Trinajstić information content (AvgIpc) is 2.45. The van der Waals surface area contributed by atoms with Crippen molar-refractivity contribution in [3.8, 4) is 5.88 Å². The van der Waals surface area contributed by atoms with E-state index in [4.69, 9.17) is 4.74 Å². The molecule has 5 heteroatoms. The predicted octanol–water partition coefficient (Wildman–Crippen LogP) is 3.33. The summed E-state index contributed by atoms with van der Waals surface area (Å²) in [6, 6.07) is 2.44. The summed E-state index contributed by atoms with van der Waals surface area (Å²) < 4.78 is 5.26. The van der Waals surface area contributed by atoms with Crippen LogP contribution in [0.2, 0.25) is 0 Å². The van der Waals surface area contributed by atoms with Crippen LogP contribution in [-0.2, 0) is 0 Å². The van der Waals surface area contributed by atoms with E-state index in [1.54, 1.807) is 7.11 Å². The maximum Gasteiger partial charge on any atom is 0.229 e. The number of hydrogen-bond donors (Lipinski definition) is 0. The molecule has 4 nitrogen and oxygen atoms in total. The van der Waals surface area contributed by atoms with Crippen molar-refractivity contribution in [1.29, 1.82) is 0 Å². The molecule has 2 rings (SSSR count). The number of alkyl halides is 1. The van der Waals surface area contributed by atoms with Gasteiger partial charge in [0.1, 0.15) is 0 Å². The van der Waals surface area contributed by atoms with Crippen LogP contribution < -0.4 is 9.64 Å². The normalized spacial score (nSPS) is 16.4. The number of hydrogen-bond acceptors (Lipinski definition) is 4. The van der Waals surface area contributed by atoms with Gasteiger partial charge in [0.05, 0.1) is 7.11 Å². The predicted molar refractivity (Wildman–Crippen MR) is 81.3 cm³/mol. The molecule has 0 atom stereocenters. The van der Waals surface area contributed by atoms with Crippen molar-refractivity contribution in [2.75, 3.05) is 23.9 Å². The quantitative estimate of drug-likeness (QED) is 0.777. The maximum absolute atomic E-state index is 5.26. The van der Waals surface area contributed by atoms with E-state index < -0.39 is 0 Å². The Morgan fingerprint density at radius 2 is 2.05 bits per heavy atom. The summed E-state index contributed by atoms with van der Waals surface area (Å²) in [6.45, 7) is 2.93. The third-order valence-corrected chi connectivity index (χ3v) is 3.98. The molecule has 1 aliphatic rings. The minimum absolute atomic E-state index is 0.567. The lowest BCUT2D eigenvalue weighted by Gasteiger charge is -2.34. The molecule has 106 valence electrons. The summed E-state index contributed by atoms with van der Waals surface area (Å²) in [7, 11) is 1.65. The Kier molecular flexibility index (Phi) is 5.43. The van der Waals surface area contributed by atoms with Crippen molar-refractivity contribution >= 4 is 21.9 Å². The van der Waals surface area contributed by atoms with Gasteiger partial charge in [-0.15, -0.1) is 0 Å². The molecular weight excluding hydrogens is 306 g/mol. The fourth-order valence-corrected chi connectivity index (χ4v) is 3.07. The van der Waals surface area contributed by atoms with Crippen LogP contribution in [0.25, 0.3) is 0 Å². The van der Waals surface area contributed by atoms with Gasteiger partial charge in [-0.25, -0.2) is 4.98 Å². The van der Waals surface area contributed by atoms with Crippen LogP contribution in [0.1, 0.15) is 37.8 Å². The minimum Gasteiger partial charge on any atom is -0.481 e. The minimum atomic E-state index is 0.567. The number of methoxy groups -OCH3 is 1. The Labute approximate surface area is 123 Å². The summed E-state index contributed by atoms with van der Waals surface area (Å²) in [5, 5.41) is 0.934. The molecule has 0 unspecified atom stereocenters. The largest absolute Gasteiger partial charge is 0.481 e. The van der Waals surface area contributed by atoms with E-state index in [9.17, 15) is 0 Å². The molecule has 1 aliphatic carbocycles. The van der Waals surface area contributed by atoms with Crippen molar-refractivity contribution in [2.45, 2.75) is 45.1 Å². The van der Waals surface area contributed by atoms with Crippen LogP contribution in [0.3, 0.4) is 0 Å². The number of rotatable bonds is 5. The van der Waals surface area contributed by atoms with Crippen LogP contribution in [0.15, 0.2) is 6.07 Å². The zero-order valence-electron chi connectivity index (χ0n) is 11.7. The third kappa shape index (κ3) is 3.81. The van der Waals surface area contributed by atoms with Crippen molar-refractivity contribution in [3.05, 3.63) is 11.8 Å². The number of aryl methyl sites for hydroxylation is 1. The van der Waals surface area contributed by atoms with E-state index in [0.29, 0.717) is 11.9 Å². The summed E-state index contributed by atoms with van der Waals surface area (Å²) in [5.41, 5.74) is 0.956. The zero-order chi connectivity index (χ0) is 13.7. The Bertz CT molecular complexity index is 408. The fourth-order valence-electron chi connectivity index (χ4n) is 2.69. The highest BCUT2D eigenvalue weighted by atomic mass is 79.9. The first-order valence-electron chi connectivity index (χ1n) is 6.97. The van der Waals surface area contributed by atoms with E-state index in [1.165, 1.54) is 32.1 Å². The van der Waals surface area contributed by atoms with Gasteiger partial charge in [-0.1, -0.05) is 35.2 Å². The van der Waals surface area contributed by atoms with Crippen LogP contribution in [0.4, 0.5) is 5.95 Å². The first-order chi connectivity index (χ1) is 9.24. The number of anilines is 1. The first kappa shape index (κ1) is 14.6. The Morgan fingerprint density at radius 1 is 1.32 bits per heavy atom. The Balaban J connectivity index is 2.24. The van der Waals surface area contributed by atoms with E-state index in [-0.39, 0.29) is 0 Å². The van der Waals surface area contributed by atoms with Crippen molar-refractivity contribution in [1.82, 2.24) is 9.97 Å². The van der Waals surface area contributed by atoms with Gasteiger partial charge < -0.3 is 9.64 Å². The first-order valence-corrected chi connectivity index (χ1v) is 8.09. The highest BCUT2D eigenvalue weighted by molar-refractivity contribution is 9.09. The van der Waals surface area contributed by atoms with Gasteiger partial charge in [0.15, 0.2) is 0 Å². The number of halogens is 1. The molecule has 1 heterocycles. The molecule has 0 aromatic carbocycles. The molecule has 0 N–H and O–H groups in total. The molecular formula is C14H22BrN3O. The van der Waals surface area contributed by atoms with Crippen LogP contribution >= 0.6 is 15.9 Å². The molecule has 1 saturated carbocycles. The molecule has 1 fully saturated rings. The van der Waals surface area contributed by atoms with Crippen LogP contribution in [0.5, 0.6) is 5.88 Å². The standard InChI is InChI=1S/C14H22BrN3O/c1-11-10-13(19-2)17-14(16-11)18(9-8-15)12-6-4-3-5-7-12/h10,12H,3-9H2,1-2H3. The molecule has 0 aliphatic heterocycles. The fraction of sp³-hybridized carbons (Fsp3) is 0.714. The van der Waals surface area contributed by atoms with Crippen molar-refractivity contribution < 1.29 is 4.74 Å². The lowest BCUT2D eigenvalue weighted by atomic mass is 9.94. The van der Waals surface area contributed by atoms with Gasteiger partial charge in [-0.3, -0.25) is 0 Å². The monoisotopic (exact) mass is 327 g/mol. The van der Waals surface area contributed by atoms with E-state index in [0.717, 1.165) is 23.5 Å². The van der Waals surface area contributed by atoms with E-state index in [2.05, 4.69) is 30.8 Å². The number of ether oxygens (including phenoxy) is 1. The Hall–Kier alpha value is -0.840. The average molecular weight is 328 g/mol. The summed E-state index contributed by atoms with van der Waals surface area (Å²) in [5.74, 6) is 1.46. The SMILES string of the molecule is COc1cc(C)nc(N(CCBr)C2CCCCC2)n1.